The first-order valence-electron chi connectivity index (χ1n) is 9.26. The van der Waals surface area contributed by atoms with Crippen molar-refractivity contribution >= 4 is 29.4 Å². The van der Waals surface area contributed by atoms with Gasteiger partial charge in [-0.3, -0.25) is 19.3 Å². The van der Waals surface area contributed by atoms with Crippen molar-refractivity contribution in [2.24, 2.45) is 11.8 Å². The molecule has 0 N–H and O–H groups in total. The number of anilines is 1. The molecule has 7 nitrogen and oxygen atoms in total. The normalized spacial score (nSPS) is 22.9. The second-order valence-corrected chi connectivity index (χ2v) is 7.49. The topological polar surface area (TPSA) is 84.0 Å². The van der Waals surface area contributed by atoms with Gasteiger partial charge >= 0.3 is 5.97 Å². The summed E-state index contributed by atoms with van der Waals surface area (Å²) in [5.74, 6) is -0.399. The zero-order chi connectivity index (χ0) is 19.6. The molecule has 2 fully saturated rings. The maximum absolute atomic E-state index is 12.3. The molecule has 2 atom stereocenters. The second-order valence-electron chi connectivity index (χ2n) is 7.49. The molecule has 3 amide bonds. The van der Waals surface area contributed by atoms with E-state index in [2.05, 4.69) is 13.8 Å². The zero-order valence-electron chi connectivity index (χ0n) is 15.6. The Bertz CT molecular complexity index is 732. The minimum absolute atomic E-state index is 0.188. The number of benzene rings is 1. The number of rotatable bonds is 4. The van der Waals surface area contributed by atoms with Crippen LogP contribution in [0, 0.1) is 11.8 Å². The summed E-state index contributed by atoms with van der Waals surface area (Å²) >= 11 is 0. The molecule has 3 rings (SSSR count). The Morgan fingerprint density at radius 3 is 2.11 bits per heavy atom. The van der Waals surface area contributed by atoms with E-state index in [1.54, 1.807) is 4.90 Å². The van der Waals surface area contributed by atoms with Gasteiger partial charge in [-0.05, 0) is 42.5 Å². The number of imide groups is 1. The molecule has 7 heteroatoms. The fourth-order valence-electron chi connectivity index (χ4n) is 3.78. The van der Waals surface area contributed by atoms with Crippen LogP contribution < -0.4 is 4.90 Å². The van der Waals surface area contributed by atoms with E-state index >= 15 is 0 Å². The molecule has 1 aromatic carbocycles. The number of hydrogen-bond acceptors (Lipinski definition) is 5. The third kappa shape index (κ3) is 4.35. The van der Waals surface area contributed by atoms with Gasteiger partial charge in [0.2, 0.25) is 11.8 Å². The summed E-state index contributed by atoms with van der Waals surface area (Å²) in [5.41, 5.74) is 0.706. The lowest BCUT2D eigenvalue weighted by molar-refractivity contribution is -0.137. The first-order valence-corrected chi connectivity index (χ1v) is 9.26. The third-order valence-corrected chi connectivity index (χ3v) is 4.96. The van der Waals surface area contributed by atoms with Gasteiger partial charge in [-0.2, -0.15) is 0 Å². The first kappa shape index (κ1) is 19.1. The Balaban J connectivity index is 1.56. The van der Waals surface area contributed by atoms with E-state index in [1.807, 2.05) is 0 Å². The lowest BCUT2D eigenvalue weighted by Gasteiger charge is -2.34. The van der Waals surface area contributed by atoms with Crippen molar-refractivity contribution < 1.29 is 23.9 Å². The van der Waals surface area contributed by atoms with Crippen molar-refractivity contribution in [3.63, 3.8) is 0 Å². The van der Waals surface area contributed by atoms with Gasteiger partial charge in [0.1, 0.15) is 0 Å². The molecule has 1 aromatic rings. The number of carbonyl (C=O) groups is 4. The van der Waals surface area contributed by atoms with Crippen LogP contribution in [0.2, 0.25) is 0 Å². The predicted molar refractivity (Wildman–Crippen MR) is 98.0 cm³/mol. The molecule has 2 aliphatic heterocycles. The summed E-state index contributed by atoms with van der Waals surface area (Å²) in [4.78, 5) is 50.8. The molecular formula is C20H24N2O5. The molecule has 144 valence electrons. The third-order valence-electron chi connectivity index (χ3n) is 4.96. The average molecular weight is 372 g/mol. The van der Waals surface area contributed by atoms with Gasteiger partial charge in [0, 0.05) is 25.9 Å². The van der Waals surface area contributed by atoms with Crippen molar-refractivity contribution in [2.75, 3.05) is 24.6 Å². The molecule has 0 spiro atoms. The van der Waals surface area contributed by atoms with Crippen LogP contribution in [0.25, 0.3) is 0 Å². The van der Waals surface area contributed by atoms with Crippen molar-refractivity contribution in [2.45, 2.75) is 33.1 Å². The van der Waals surface area contributed by atoms with E-state index in [0.29, 0.717) is 30.6 Å². The highest BCUT2D eigenvalue weighted by Gasteiger charge is 2.30. The number of carbonyl (C=O) groups excluding carboxylic acids is 4. The molecule has 0 radical (unpaired) electrons. The molecule has 27 heavy (non-hydrogen) atoms. The maximum atomic E-state index is 12.3. The van der Waals surface area contributed by atoms with Crippen molar-refractivity contribution in [1.82, 2.24) is 4.90 Å². The van der Waals surface area contributed by atoms with E-state index in [0.717, 1.165) is 11.3 Å². The summed E-state index contributed by atoms with van der Waals surface area (Å²) in [7, 11) is 0. The van der Waals surface area contributed by atoms with Gasteiger partial charge in [0.25, 0.3) is 5.91 Å². The van der Waals surface area contributed by atoms with Crippen LogP contribution >= 0.6 is 0 Å². The molecule has 0 unspecified atom stereocenters. The number of likely N-dealkylation sites (tertiary alicyclic amines) is 1. The summed E-state index contributed by atoms with van der Waals surface area (Å²) in [6.45, 7) is 5.31. The summed E-state index contributed by atoms with van der Waals surface area (Å²) in [6.07, 6.45) is 1.51. The smallest absolute Gasteiger partial charge is 0.338 e. The van der Waals surface area contributed by atoms with Gasteiger partial charge < -0.3 is 9.64 Å². The van der Waals surface area contributed by atoms with E-state index < -0.39 is 5.97 Å². The minimum atomic E-state index is -0.605. The SMILES string of the molecule is C[C@@H]1C[C@@H](C)CN(C(=O)COC(=O)c2ccc(N3C(=O)CCC3=O)cc2)C1. The second kappa shape index (κ2) is 7.90. The van der Waals surface area contributed by atoms with Gasteiger partial charge in [-0.1, -0.05) is 13.8 Å². The molecule has 2 saturated heterocycles. The summed E-state index contributed by atoms with van der Waals surface area (Å²) < 4.78 is 5.14. The van der Waals surface area contributed by atoms with Gasteiger partial charge in [0.15, 0.2) is 6.61 Å². The van der Waals surface area contributed by atoms with E-state index in [-0.39, 0.29) is 42.7 Å². The summed E-state index contributed by atoms with van der Waals surface area (Å²) in [6, 6.07) is 6.05. The molecule has 2 heterocycles. The Morgan fingerprint density at radius 1 is 1.00 bits per heavy atom. The number of piperidine rings is 1. The number of hydrogen-bond donors (Lipinski definition) is 0. The monoisotopic (exact) mass is 372 g/mol. The number of ether oxygens (including phenoxy) is 1. The van der Waals surface area contributed by atoms with Crippen molar-refractivity contribution in [3.05, 3.63) is 29.8 Å². The summed E-state index contributed by atoms with van der Waals surface area (Å²) in [5, 5.41) is 0. The van der Waals surface area contributed by atoms with Crippen LogP contribution in [0.1, 0.15) is 43.5 Å². The number of esters is 1. The largest absolute Gasteiger partial charge is 0.452 e. The first-order chi connectivity index (χ1) is 12.8. The van der Waals surface area contributed by atoms with Crippen LogP contribution in [-0.2, 0) is 19.1 Å². The van der Waals surface area contributed by atoms with Crippen LogP contribution in [0.15, 0.2) is 24.3 Å². The fourth-order valence-corrected chi connectivity index (χ4v) is 3.78. The predicted octanol–water partition coefficient (Wildman–Crippen LogP) is 2.00. The Morgan fingerprint density at radius 2 is 1.56 bits per heavy atom. The van der Waals surface area contributed by atoms with Gasteiger partial charge in [0.05, 0.1) is 11.3 Å². The number of nitrogens with zero attached hydrogens (tertiary/aromatic N) is 2. The van der Waals surface area contributed by atoms with Gasteiger partial charge in [-0.25, -0.2) is 4.79 Å². The Labute approximate surface area is 158 Å². The average Bonchev–Trinajstić information content (AvgIpc) is 2.97. The fraction of sp³-hybridized carbons (Fsp3) is 0.500. The lowest BCUT2D eigenvalue weighted by Crippen LogP contribution is -2.44. The van der Waals surface area contributed by atoms with Crippen molar-refractivity contribution in [1.29, 1.82) is 0 Å². The minimum Gasteiger partial charge on any atom is -0.452 e. The van der Waals surface area contributed by atoms with Crippen molar-refractivity contribution in [3.8, 4) is 0 Å². The molecule has 2 aliphatic rings. The Kier molecular flexibility index (Phi) is 5.58. The molecule has 0 aliphatic carbocycles. The van der Waals surface area contributed by atoms with Crippen LogP contribution in [-0.4, -0.2) is 48.3 Å². The molecular weight excluding hydrogens is 348 g/mol. The molecule has 0 saturated carbocycles. The standard InChI is InChI=1S/C20H24N2O5/c1-13-9-14(2)11-21(10-13)19(25)12-27-20(26)15-3-5-16(6-4-15)22-17(23)7-8-18(22)24/h3-6,13-14H,7-12H2,1-2H3/t13-,14-/m1/s1. The van der Waals surface area contributed by atoms with Crippen LogP contribution in [0.3, 0.4) is 0 Å². The molecule has 0 aromatic heterocycles. The maximum Gasteiger partial charge on any atom is 0.338 e. The Hall–Kier alpha value is -2.70. The van der Waals surface area contributed by atoms with E-state index in [9.17, 15) is 19.2 Å². The highest BCUT2D eigenvalue weighted by Crippen LogP contribution is 2.23. The van der Waals surface area contributed by atoms with Crippen LogP contribution in [0.5, 0.6) is 0 Å². The lowest BCUT2D eigenvalue weighted by atomic mass is 9.92. The zero-order valence-corrected chi connectivity index (χ0v) is 15.6. The van der Waals surface area contributed by atoms with E-state index in [4.69, 9.17) is 4.74 Å². The highest BCUT2D eigenvalue weighted by atomic mass is 16.5. The van der Waals surface area contributed by atoms with Gasteiger partial charge in [-0.15, -0.1) is 0 Å². The van der Waals surface area contributed by atoms with E-state index in [1.165, 1.54) is 24.3 Å². The molecule has 0 bridgehead atoms. The highest BCUT2D eigenvalue weighted by molar-refractivity contribution is 6.19. The number of amides is 3. The van der Waals surface area contributed by atoms with Crippen LogP contribution in [0.4, 0.5) is 5.69 Å². The quantitative estimate of drug-likeness (QED) is 0.596.